The molecular weight excluding hydrogens is 266 g/mol. The van der Waals surface area contributed by atoms with Crippen molar-refractivity contribution in [1.29, 1.82) is 0 Å². The molecule has 1 aromatic carbocycles. The third-order valence-corrected chi connectivity index (χ3v) is 3.99. The molecule has 108 valence electrons. The molecule has 1 aromatic heterocycles. The first-order valence-corrected chi connectivity index (χ1v) is 8.48. The quantitative estimate of drug-likeness (QED) is 0.800. The van der Waals surface area contributed by atoms with Crippen molar-refractivity contribution in [3.63, 3.8) is 0 Å². The van der Waals surface area contributed by atoms with Crippen molar-refractivity contribution in [2.45, 2.75) is 38.6 Å². The van der Waals surface area contributed by atoms with Gasteiger partial charge < -0.3 is 9.73 Å². The fraction of sp³-hybridized carbons (Fsp3) is 0.412. The predicted molar refractivity (Wildman–Crippen MR) is 87.0 cm³/mol. The smallest absolute Gasteiger partial charge is 0.118 e. The van der Waals surface area contributed by atoms with Gasteiger partial charge in [0, 0.05) is 6.04 Å². The summed E-state index contributed by atoms with van der Waals surface area (Å²) in [6.07, 6.45) is 3.16. The number of hydrogen-bond donors (Lipinski definition) is 1. The molecule has 1 unspecified atom stereocenters. The highest BCUT2D eigenvalue weighted by molar-refractivity contribution is 7.97. The number of benzene rings is 1. The minimum atomic E-state index is 0.379. The van der Waals surface area contributed by atoms with Gasteiger partial charge in [-0.15, -0.1) is 0 Å². The van der Waals surface area contributed by atoms with E-state index in [4.69, 9.17) is 4.42 Å². The maximum absolute atomic E-state index is 5.79. The third kappa shape index (κ3) is 4.15. The molecule has 0 saturated carbocycles. The highest BCUT2D eigenvalue weighted by Gasteiger charge is 2.09. The summed E-state index contributed by atoms with van der Waals surface area (Å²) in [6, 6.07) is 13.3. The summed E-state index contributed by atoms with van der Waals surface area (Å²) in [5, 5.41) is 3.58. The average molecular weight is 289 g/mol. The molecule has 0 bridgehead atoms. The van der Waals surface area contributed by atoms with Crippen LogP contribution in [0.3, 0.4) is 0 Å². The van der Waals surface area contributed by atoms with Crippen molar-refractivity contribution in [2.24, 2.45) is 0 Å². The van der Waals surface area contributed by atoms with E-state index in [1.54, 1.807) is 11.8 Å². The molecule has 20 heavy (non-hydrogen) atoms. The summed E-state index contributed by atoms with van der Waals surface area (Å²) >= 11 is 1.78. The lowest BCUT2D eigenvalue weighted by atomic mass is 10.0. The van der Waals surface area contributed by atoms with Gasteiger partial charge in [-0.1, -0.05) is 36.8 Å². The van der Waals surface area contributed by atoms with Crippen LogP contribution in [0.2, 0.25) is 0 Å². The number of thioether (sulfide) groups is 1. The van der Waals surface area contributed by atoms with E-state index < -0.39 is 0 Å². The van der Waals surface area contributed by atoms with Gasteiger partial charge in [-0.3, -0.25) is 0 Å². The summed E-state index contributed by atoms with van der Waals surface area (Å²) in [5.74, 6) is 3.01. The summed E-state index contributed by atoms with van der Waals surface area (Å²) in [4.78, 5) is 0. The number of rotatable bonds is 7. The van der Waals surface area contributed by atoms with Crippen LogP contribution in [-0.4, -0.2) is 6.26 Å². The van der Waals surface area contributed by atoms with Gasteiger partial charge in [0.25, 0.3) is 0 Å². The summed E-state index contributed by atoms with van der Waals surface area (Å²) in [5.41, 5.74) is 2.64. The number of nitrogens with one attached hydrogen (secondary N) is 1. The van der Waals surface area contributed by atoms with Gasteiger partial charge in [0.15, 0.2) is 0 Å². The van der Waals surface area contributed by atoms with Crippen LogP contribution in [0, 0.1) is 6.92 Å². The van der Waals surface area contributed by atoms with Crippen LogP contribution in [0.25, 0.3) is 0 Å². The lowest BCUT2D eigenvalue weighted by Crippen LogP contribution is -2.19. The van der Waals surface area contributed by atoms with Gasteiger partial charge >= 0.3 is 0 Å². The molecule has 1 heterocycles. The normalized spacial score (nSPS) is 12.6. The molecule has 1 atom stereocenters. The van der Waals surface area contributed by atoms with Gasteiger partial charge in [-0.05, 0) is 37.3 Å². The zero-order valence-electron chi connectivity index (χ0n) is 12.5. The summed E-state index contributed by atoms with van der Waals surface area (Å²) in [6.45, 7) is 5.11. The molecule has 1 N–H and O–H groups in total. The van der Waals surface area contributed by atoms with E-state index in [1.165, 1.54) is 11.1 Å². The van der Waals surface area contributed by atoms with Crippen molar-refractivity contribution in [2.75, 3.05) is 6.26 Å². The average Bonchev–Trinajstić information content (AvgIpc) is 2.89. The topological polar surface area (TPSA) is 25.2 Å². The SMILES string of the molecule is CCC(NCc1ccc(CSC)o1)c1ccc(C)cc1. The molecule has 0 aliphatic rings. The first-order chi connectivity index (χ1) is 9.72. The molecular formula is C17H23NOS. The van der Waals surface area contributed by atoms with E-state index in [0.29, 0.717) is 6.04 Å². The van der Waals surface area contributed by atoms with Crippen molar-refractivity contribution >= 4 is 11.8 Å². The fourth-order valence-corrected chi connectivity index (χ4v) is 2.70. The van der Waals surface area contributed by atoms with E-state index in [0.717, 1.165) is 30.2 Å². The van der Waals surface area contributed by atoms with E-state index in [9.17, 15) is 0 Å². The second-order valence-electron chi connectivity index (χ2n) is 5.05. The Morgan fingerprint density at radius 1 is 1.10 bits per heavy atom. The minimum absolute atomic E-state index is 0.379. The van der Waals surface area contributed by atoms with E-state index in [2.05, 4.69) is 61.8 Å². The molecule has 0 saturated heterocycles. The van der Waals surface area contributed by atoms with Crippen molar-refractivity contribution in [3.8, 4) is 0 Å². The molecule has 3 heteroatoms. The molecule has 0 amide bonds. The molecule has 2 aromatic rings. The van der Waals surface area contributed by atoms with Gasteiger partial charge in [-0.2, -0.15) is 11.8 Å². The summed E-state index contributed by atoms with van der Waals surface area (Å²) in [7, 11) is 0. The maximum atomic E-state index is 5.79. The van der Waals surface area contributed by atoms with Crippen LogP contribution < -0.4 is 5.32 Å². The van der Waals surface area contributed by atoms with Gasteiger partial charge in [0.1, 0.15) is 11.5 Å². The Hall–Kier alpha value is -1.19. The second-order valence-corrected chi connectivity index (χ2v) is 5.92. The Morgan fingerprint density at radius 3 is 2.45 bits per heavy atom. The van der Waals surface area contributed by atoms with E-state index >= 15 is 0 Å². The first-order valence-electron chi connectivity index (χ1n) is 7.09. The minimum Gasteiger partial charge on any atom is -0.464 e. The van der Waals surface area contributed by atoms with Crippen LogP contribution >= 0.6 is 11.8 Å². The molecule has 0 fully saturated rings. The van der Waals surface area contributed by atoms with Gasteiger partial charge in [0.05, 0.1) is 12.3 Å². The number of hydrogen-bond acceptors (Lipinski definition) is 3. The van der Waals surface area contributed by atoms with E-state index in [1.807, 2.05) is 0 Å². The standard InChI is InChI=1S/C17H23NOS/c1-4-17(14-7-5-13(2)6-8-14)18-11-15-9-10-16(19-15)12-20-3/h5-10,17-18H,4,11-12H2,1-3H3. The van der Waals surface area contributed by atoms with Gasteiger partial charge in [-0.25, -0.2) is 0 Å². The highest BCUT2D eigenvalue weighted by Crippen LogP contribution is 2.19. The van der Waals surface area contributed by atoms with Crippen LogP contribution in [-0.2, 0) is 12.3 Å². The maximum Gasteiger partial charge on any atom is 0.118 e. The van der Waals surface area contributed by atoms with Crippen LogP contribution in [0.4, 0.5) is 0 Å². The molecule has 0 radical (unpaired) electrons. The predicted octanol–water partition coefficient (Wildman–Crippen LogP) is 4.69. The lowest BCUT2D eigenvalue weighted by molar-refractivity contribution is 0.429. The third-order valence-electron chi connectivity index (χ3n) is 3.41. The van der Waals surface area contributed by atoms with Gasteiger partial charge in [0.2, 0.25) is 0 Å². The molecule has 2 rings (SSSR count). The Bertz CT molecular complexity index is 518. The number of aryl methyl sites for hydroxylation is 1. The number of furan rings is 1. The summed E-state index contributed by atoms with van der Waals surface area (Å²) < 4.78 is 5.79. The largest absolute Gasteiger partial charge is 0.464 e. The second kappa shape index (κ2) is 7.55. The first kappa shape index (κ1) is 15.2. The van der Waals surface area contributed by atoms with Crippen molar-refractivity contribution < 1.29 is 4.42 Å². The van der Waals surface area contributed by atoms with Crippen LogP contribution in [0.1, 0.15) is 42.0 Å². The van der Waals surface area contributed by atoms with Crippen LogP contribution in [0.15, 0.2) is 40.8 Å². The highest BCUT2D eigenvalue weighted by atomic mass is 32.2. The fourth-order valence-electron chi connectivity index (χ4n) is 2.26. The van der Waals surface area contributed by atoms with E-state index in [-0.39, 0.29) is 0 Å². The molecule has 0 aliphatic heterocycles. The zero-order chi connectivity index (χ0) is 14.4. The molecule has 0 aliphatic carbocycles. The van der Waals surface area contributed by atoms with Crippen molar-refractivity contribution in [1.82, 2.24) is 5.32 Å². The molecule has 0 spiro atoms. The Kier molecular flexibility index (Phi) is 5.74. The Labute approximate surface area is 126 Å². The van der Waals surface area contributed by atoms with Crippen LogP contribution in [0.5, 0.6) is 0 Å². The van der Waals surface area contributed by atoms with Crippen molar-refractivity contribution in [3.05, 3.63) is 59.0 Å². The Balaban J connectivity index is 1.94. The lowest BCUT2D eigenvalue weighted by Gasteiger charge is -2.17. The Morgan fingerprint density at radius 2 is 1.80 bits per heavy atom. The molecule has 2 nitrogen and oxygen atoms in total. The zero-order valence-corrected chi connectivity index (χ0v) is 13.3. The monoisotopic (exact) mass is 289 g/mol.